The van der Waals surface area contributed by atoms with Crippen molar-refractivity contribution >= 4 is 5.91 Å². The molecule has 12 N–H and O–H groups in total. The molecule has 3 rings (SSSR count). The molecule has 103 heavy (non-hydrogen) atoms. The van der Waals surface area contributed by atoms with Crippen molar-refractivity contribution in [3.63, 3.8) is 0 Å². The number of hydrogen-bond acceptors (Lipinski definition) is 18. The Morgan fingerprint density at radius 2 is 0.612 bits per heavy atom. The van der Waals surface area contributed by atoms with Gasteiger partial charge >= 0.3 is 0 Å². The molecular weight excluding hydrogens is 1310 g/mol. The standard InChI is InChI=1S/C84H161NO18/c1-3-5-7-9-11-13-15-17-19-21-23-25-26-27-28-29-30-31-32-33-34-35-36-37-38-39-40-42-44-46-48-50-52-54-56-58-60-62-72(90)85-67(68(89)61-59-57-55-53-51-49-47-45-43-41-24-22-20-18-16-14-12-10-8-6-4-2)66-98-82-78(96)75(93)80(70(64-87)100-82)103-84-79(97)76(94)81(71(65-88)101-84)102-83-77(95)74(92)73(91)69(63-86)99-83/h21,23,67-71,73-84,86-89,91-97H,3-20,22,24-66H2,1-2H3,(H,85,90)/b23-21-. The molecule has 0 spiro atoms. The lowest BCUT2D eigenvalue weighted by molar-refractivity contribution is -0.379. The van der Waals surface area contributed by atoms with E-state index in [1.165, 1.54) is 308 Å². The average molecular weight is 1470 g/mol. The third-order valence-electron chi connectivity index (χ3n) is 22.1. The maximum absolute atomic E-state index is 13.5. The van der Waals surface area contributed by atoms with E-state index >= 15 is 0 Å². The highest BCUT2D eigenvalue weighted by molar-refractivity contribution is 5.76. The zero-order valence-corrected chi connectivity index (χ0v) is 65.6. The Labute approximate surface area is 626 Å². The molecule has 610 valence electrons. The monoisotopic (exact) mass is 1470 g/mol. The Balaban J connectivity index is 1.30. The summed E-state index contributed by atoms with van der Waals surface area (Å²) in [5.74, 6) is -0.233. The van der Waals surface area contributed by atoms with Crippen molar-refractivity contribution in [1.82, 2.24) is 5.32 Å². The summed E-state index contributed by atoms with van der Waals surface area (Å²) >= 11 is 0. The van der Waals surface area contributed by atoms with Gasteiger partial charge in [-0.1, -0.05) is 353 Å². The SMILES string of the molecule is CCCCCCCCCC/C=C\CCCCCCCCCCCCCCCCCCCCCCCCCCCC(=O)NC(COC1OC(CO)C(OC2OC(CO)C(OC3OC(CO)C(O)C(O)C3O)C(O)C2O)C(O)C1O)C(O)CCCCCCCCCCCCCCCCCCCCCCC. The van der Waals surface area contributed by atoms with Gasteiger partial charge in [0, 0.05) is 6.42 Å². The van der Waals surface area contributed by atoms with Crippen LogP contribution in [0.2, 0.25) is 0 Å². The topological polar surface area (TPSA) is 307 Å². The number of hydrogen-bond donors (Lipinski definition) is 12. The van der Waals surface area contributed by atoms with Crippen molar-refractivity contribution in [2.24, 2.45) is 0 Å². The molecule has 19 nitrogen and oxygen atoms in total. The Morgan fingerprint density at radius 3 is 0.942 bits per heavy atom. The Bertz CT molecular complexity index is 1910. The van der Waals surface area contributed by atoms with Crippen molar-refractivity contribution in [3.05, 3.63) is 12.2 Å². The van der Waals surface area contributed by atoms with Crippen LogP contribution in [-0.2, 0) is 33.2 Å². The fourth-order valence-corrected chi connectivity index (χ4v) is 15.1. The van der Waals surface area contributed by atoms with Gasteiger partial charge in [-0.3, -0.25) is 4.79 Å². The summed E-state index contributed by atoms with van der Waals surface area (Å²) in [6.07, 6.45) is 51.8. The number of rotatable bonds is 71. The van der Waals surface area contributed by atoms with Gasteiger partial charge in [-0.2, -0.15) is 0 Å². The van der Waals surface area contributed by atoms with E-state index in [1.54, 1.807) is 0 Å². The number of carbonyl (C=O) groups excluding carboxylic acids is 1. The molecule has 3 fully saturated rings. The second-order valence-corrected chi connectivity index (χ2v) is 31.4. The van der Waals surface area contributed by atoms with Crippen LogP contribution in [0, 0.1) is 0 Å². The summed E-state index contributed by atoms with van der Waals surface area (Å²) in [6, 6.07) is -0.885. The van der Waals surface area contributed by atoms with E-state index in [0.29, 0.717) is 12.8 Å². The molecule has 0 radical (unpaired) electrons. The first-order valence-corrected chi connectivity index (χ1v) is 43.4. The third-order valence-corrected chi connectivity index (χ3v) is 22.1. The van der Waals surface area contributed by atoms with E-state index in [2.05, 4.69) is 31.3 Å². The highest BCUT2D eigenvalue weighted by atomic mass is 16.8. The van der Waals surface area contributed by atoms with Gasteiger partial charge in [0.1, 0.15) is 73.2 Å². The number of aliphatic hydroxyl groups is 11. The minimum absolute atomic E-state index is 0.233. The minimum atomic E-state index is -1.97. The Kier molecular flexibility index (Phi) is 60.7. The van der Waals surface area contributed by atoms with Crippen LogP contribution in [0.15, 0.2) is 12.2 Å². The smallest absolute Gasteiger partial charge is 0.220 e. The number of nitrogens with one attached hydrogen (secondary N) is 1. The fourth-order valence-electron chi connectivity index (χ4n) is 15.1. The van der Waals surface area contributed by atoms with Crippen LogP contribution in [-0.4, -0.2) is 193 Å². The first kappa shape index (κ1) is 95.7. The number of aliphatic hydroxyl groups excluding tert-OH is 11. The molecule has 0 saturated carbocycles. The van der Waals surface area contributed by atoms with Crippen LogP contribution in [0.5, 0.6) is 0 Å². The minimum Gasteiger partial charge on any atom is -0.394 e. The zero-order chi connectivity index (χ0) is 74.6. The van der Waals surface area contributed by atoms with E-state index in [1.807, 2.05) is 0 Å². The molecule has 0 aromatic rings. The summed E-state index contributed by atoms with van der Waals surface area (Å²) in [6.45, 7) is 1.87. The molecule has 1 amide bonds. The molecule has 3 aliphatic heterocycles. The van der Waals surface area contributed by atoms with Gasteiger partial charge in [0.25, 0.3) is 0 Å². The Morgan fingerprint density at radius 1 is 0.340 bits per heavy atom. The largest absolute Gasteiger partial charge is 0.394 e. The van der Waals surface area contributed by atoms with Crippen LogP contribution in [0.1, 0.15) is 386 Å². The van der Waals surface area contributed by atoms with Crippen molar-refractivity contribution in [1.29, 1.82) is 0 Å². The molecule has 17 unspecified atom stereocenters. The van der Waals surface area contributed by atoms with Crippen molar-refractivity contribution in [2.45, 2.75) is 491 Å². The molecular formula is C84H161NO18. The summed E-state index contributed by atoms with van der Waals surface area (Å²) in [5.41, 5.74) is 0. The van der Waals surface area contributed by atoms with Crippen molar-refractivity contribution in [2.75, 3.05) is 26.4 Å². The lowest BCUT2D eigenvalue weighted by Crippen LogP contribution is -2.66. The quantitative estimate of drug-likeness (QED) is 0.0199. The highest BCUT2D eigenvalue weighted by Gasteiger charge is 2.54. The number of amides is 1. The van der Waals surface area contributed by atoms with Crippen LogP contribution in [0.4, 0.5) is 0 Å². The predicted octanol–water partition coefficient (Wildman–Crippen LogP) is 15.5. The molecule has 3 heterocycles. The molecule has 0 aliphatic carbocycles. The molecule has 0 aromatic heterocycles. The molecule has 3 aliphatic rings. The summed E-state index contributed by atoms with van der Waals surface area (Å²) in [7, 11) is 0. The normalized spacial score (nSPS) is 26.0. The highest BCUT2D eigenvalue weighted by Crippen LogP contribution is 2.34. The van der Waals surface area contributed by atoms with Crippen LogP contribution in [0.25, 0.3) is 0 Å². The van der Waals surface area contributed by atoms with Crippen LogP contribution >= 0.6 is 0 Å². The summed E-state index contributed by atoms with van der Waals surface area (Å²) < 4.78 is 34.6. The first-order valence-electron chi connectivity index (χ1n) is 43.4. The maximum atomic E-state index is 13.5. The first-order chi connectivity index (χ1) is 50.3. The van der Waals surface area contributed by atoms with Gasteiger partial charge < -0.3 is 89.9 Å². The van der Waals surface area contributed by atoms with Gasteiger partial charge in [0.05, 0.1) is 38.6 Å². The molecule has 3 saturated heterocycles. The maximum Gasteiger partial charge on any atom is 0.220 e. The summed E-state index contributed by atoms with van der Waals surface area (Å²) in [5, 5.41) is 121. The number of unbranched alkanes of at least 4 members (excludes halogenated alkanes) is 53. The average Bonchev–Trinajstić information content (AvgIpc) is 0.781. The van der Waals surface area contributed by atoms with Crippen molar-refractivity contribution in [3.8, 4) is 0 Å². The van der Waals surface area contributed by atoms with Gasteiger partial charge in [0.2, 0.25) is 5.91 Å². The number of carbonyl (C=O) groups is 1. The Hall–Kier alpha value is -1.47. The van der Waals surface area contributed by atoms with E-state index < -0.39 is 124 Å². The van der Waals surface area contributed by atoms with Crippen molar-refractivity contribution < 1.29 is 89.4 Å². The summed E-state index contributed by atoms with van der Waals surface area (Å²) in [4.78, 5) is 13.5. The van der Waals surface area contributed by atoms with E-state index in [4.69, 9.17) is 28.4 Å². The van der Waals surface area contributed by atoms with Gasteiger partial charge in [0.15, 0.2) is 18.9 Å². The van der Waals surface area contributed by atoms with E-state index in [9.17, 15) is 61.0 Å². The third kappa shape index (κ3) is 44.8. The second-order valence-electron chi connectivity index (χ2n) is 31.4. The van der Waals surface area contributed by atoms with Gasteiger partial charge in [-0.05, 0) is 38.5 Å². The number of allylic oxidation sites excluding steroid dienone is 2. The lowest BCUT2D eigenvalue weighted by Gasteiger charge is -2.48. The van der Waals surface area contributed by atoms with Gasteiger partial charge in [-0.15, -0.1) is 0 Å². The predicted molar refractivity (Wildman–Crippen MR) is 411 cm³/mol. The zero-order valence-electron chi connectivity index (χ0n) is 65.6. The number of ether oxygens (including phenoxy) is 6. The van der Waals surface area contributed by atoms with Crippen LogP contribution < -0.4 is 5.32 Å². The molecule has 19 heteroatoms. The van der Waals surface area contributed by atoms with E-state index in [-0.39, 0.29) is 18.9 Å². The van der Waals surface area contributed by atoms with Crippen LogP contribution in [0.3, 0.4) is 0 Å². The molecule has 17 atom stereocenters. The second kappa shape index (κ2) is 65.3. The molecule has 0 aromatic carbocycles. The lowest BCUT2D eigenvalue weighted by atomic mass is 9.96. The molecule has 0 bridgehead atoms. The van der Waals surface area contributed by atoms with E-state index in [0.717, 1.165) is 44.9 Å². The van der Waals surface area contributed by atoms with Gasteiger partial charge in [-0.25, -0.2) is 0 Å². The fraction of sp³-hybridized carbons (Fsp3) is 0.964.